The zero-order valence-electron chi connectivity index (χ0n) is 20.1. The quantitative estimate of drug-likeness (QED) is 0.509. The van der Waals surface area contributed by atoms with Gasteiger partial charge in [-0.05, 0) is 92.3 Å². The van der Waals surface area contributed by atoms with E-state index < -0.39 is 11.6 Å². The van der Waals surface area contributed by atoms with Crippen molar-refractivity contribution in [2.24, 2.45) is 40.4 Å². The summed E-state index contributed by atoms with van der Waals surface area (Å²) in [6.45, 7) is 7.33. The zero-order chi connectivity index (χ0) is 23.3. The van der Waals surface area contributed by atoms with Gasteiger partial charge in [-0.3, -0.25) is 9.59 Å². The average molecular weight is 446 g/mol. The minimum absolute atomic E-state index is 0.0683. The van der Waals surface area contributed by atoms with Gasteiger partial charge >= 0.3 is 11.9 Å². The molecule has 1 unspecified atom stereocenters. The Hall–Kier alpha value is -1.61. The minimum Gasteiger partial charge on any atom is -0.463 e. The summed E-state index contributed by atoms with van der Waals surface area (Å²) in [7, 11) is 0. The van der Waals surface area contributed by atoms with Crippen molar-refractivity contribution in [3.63, 3.8) is 0 Å². The Kier molecular flexibility index (Phi) is 6.11. The molecular weight excluding hydrogens is 406 g/mol. The van der Waals surface area contributed by atoms with Gasteiger partial charge in [-0.25, -0.2) is 0 Å². The fourth-order valence-electron chi connectivity index (χ4n) is 8.77. The van der Waals surface area contributed by atoms with E-state index in [4.69, 9.17) is 9.47 Å². The summed E-state index contributed by atoms with van der Waals surface area (Å²) in [4.78, 5) is 22.8. The second kappa shape index (κ2) is 8.31. The Bertz CT molecular complexity index is 807. The van der Waals surface area contributed by atoms with Gasteiger partial charge in [-0.2, -0.15) is 5.26 Å². The third kappa shape index (κ3) is 3.75. The summed E-state index contributed by atoms with van der Waals surface area (Å²) in [5, 5.41) is 21.1. The molecule has 0 aliphatic heterocycles. The lowest BCUT2D eigenvalue weighted by atomic mass is 9.44. The molecule has 178 valence electrons. The van der Waals surface area contributed by atoms with Gasteiger partial charge in [-0.1, -0.05) is 13.8 Å². The number of esters is 2. The number of hydrogen-bond donors (Lipinski definition) is 1. The van der Waals surface area contributed by atoms with E-state index in [2.05, 4.69) is 19.9 Å². The SMILES string of the molecule is CC(=O)OCC(O)(C#N)[C@H]1CC[C@H]2[C@@H]3CC[C@H]4C[C@@H](OC(C)=O)CC[C@]4(C)[C@H]3CC[C@]12C. The van der Waals surface area contributed by atoms with Crippen LogP contribution in [0.4, 0.5) is 0 Å². The molecule has 6 nitrogen and oxygen atoms in total. The van der Waals surface area contributed by atoms with Gasteiger partial charge in [0.25, 0.3) is 0 Å². The minimum atomic E-state index is -1.62. The van der Waals surface area contributed by atoms with Gasteiger partial charge in [-0.15, -0.1) is 0 Å². The first-order chi connectivity index (χ1) is 15.0. The monoisotopic (exact) mass is 445 g/mol. The van der Waals surface area contributed by atoms with Crippen LogP contribution >= 0.6 is 0 Å². The first kappa shape index (κ1) is 23.5. The zero-order valence-corrected chi connectivity index (χ0v) is 20.1. The molecular formula is C26H39NO5. The third-order valence-corrected chi connectivity index (χ3v) is 10.2. The molecule has 1 N–H and O–H groups in total. The Morgan fingerprint density at radius 3 is 2.34 bits per heavy atom. The van der Waals surface area contributed by atoms with Crippen LogP contribution in [0.2, 0.25) is 0 Å². The molecule has 0 aromatic heterocycles. The highest BCUT2D eigenvalue weighted by molar-refractivity contribution is 5.66. The molecule has 6 heteroatoms. The van der Waals surface area contributed by atoms with Crippen LogP contribution in [-0.2, 0) is 19.1 Å². The smallest absolute Gasteiger partial charge is 0.302 e. The summed E-state index contributed by atoms with van der Waals surface area (Å²) >= 11 is 0. The fourth-order valence-corrected chi connectivity index (χ4v) is 8.77. The molecule has 4 aliphatic carbocycles. The van der Waals surface area contributed by atoms with Crippen molar-refractivity contribution >= 4 is 11.9 Å². The molecule has 9 atom stereocenters. The van der Waals surface area contributed by atoms with Crippen molar-refractivity contribution in [2.75, 3.05) is 6.61 Å². The molecule has 32 heavy (non-hydrogen) atoms. The van der Waals surface area contributed by atoms with E-state index in [1.165, 1.54) is 26.7 Å². The molecule has 0 radical (unpaired) electrons. The van der Waals surface area contributed by atoms with E-state index in [1.807, 2.05) is 0 Å². The number of ether oxygens (including phenoxy) is 2. The second-order valence-electron chi connectivity index (χ2n) is 11.7. The Morgan fingerprint density at radius 2 is 1.69 bits per heavy atom. The number of carbonyl (C=O) groups is 2. The summed E-state index contributed by atoms with van der Waals surface area (Å²) in [5.41, 5.74) is -1.45. The molecule has 4 aliphatic rings. The van der Waals surface area contributed by atoms with E-state index in [0.717, 1.165) is 44.9 Å². The molecule has 4 fully saturated rings. The number of rotatable bonds is 4. The second-order valence-corrected chi connectivity index (χ2v) is 11.7. The predicted octanol–water partition coefficient (Wildman–Crippen LogP) is 4.39. The van der Waals surface area contributed by atoms with Crippen LogP contribution in [0.1, 0.15) is 85.5 Å². The summed E-state index contributed by atoms with van der Waals surface area (Å²) < 4.78 is 10.7. The third-order valence-electron chi connectivity index (χ3n) is 10.2. The van der Waals surface area contributed by atoms with Crippen LogP contribution in [0.15, 0.2) is 0 Å². The largest absolute Gasteiger partial charge is 0.463 e. The van der Waals surface area contributed by atoms with E-state index in [9.17, 15) is 20.0 Å². The van der Waals surface area contributed by atoms with Gasteiger partial charge in [0.15, 0.2) is 5.60 Å². The van der Waals surface area contributed by atoms with Crippen LogP contribution < -0.4 is 0 Å². The van der Waals surface area contributed by atoms with Crippen molar-refractivity contribution < 1.29 is 24.2 Å². The van der Waals surface area contributed by atoms with Crippen LogP contribution in [0.25, 0.3) is 0 Å². The van der Waals surface area contributed by atoms with Crippen molar-refractivity contribution in [2.45, 2.75) is 97.2 Å². The van der Waals surface area contributed by atoms with Crippen LogP contribution in [0.3, 0.4) is 0 Å². The molecule has 4 rings (SSSR count). The highest BCUT2D eigenvalue weighted by Crippen LogP contribution is 2.68. The first-order valence-corrected chi connectivity index (χ1v) is 12.5. The first-order valence-electron chi connectivity index (χ1n) is 12.5. The molecule has 0 saturated heterocycles. The number of hydrogen-bond acceptors (Lipinski definition) is 6. The molecule has 0 bridgehead atoms. The lowest BCUT2D eigenvalue weighted by molar-refractivity contribution is -0.165. The number of fused-ring (bicyclic) bond motifs is 5. The van der Waals surface area contributed by atoms with Crippen molar-refractivity contribution in [1.82, 2.24) is 0 Å². The molecule has 0 aromatic rings. The summed E-state index contributed by atoms with van der Waals surface area (Å²) in [5.74, 6) is 1.56. The van der Waals surface area contributed by atoms with Crippen molar-refractivity contribution in [3.05, 3.63) is 0 Å². The standard InChI is InChI=1S/C26H39NO5/c1-16(28)31-15-26(30,14-27)23-8-7-21-20-6-5-18-13-19(32-17(2)29)9-11-24(18,3)22(20)10-12-25(21,23)4/h18-23,30H,5-13,15H2,1-4H3/t18-,19-,20-,21-,22-,23-,24-,25-,26?/m0/s1. The lowest BCUT2D eigenvalue weighted by Crippen LogP contribution is -2.56. The van der Waals surface area contributed by atoms with Crippen LogP contribution in [0.5, 0.6) is 0 Å². The normalized spacial score (nSPS) is 44.8. The lowest BCUT2D eigenvalue weighted by Gasteiger charge is -2.61. The Balaban J connectivity index is 1.52. The van der Waals surface area contributed by atoms with E-state index in [0.29, 0.717) is 23.7 Å². The van der Waals surface area contributed by atoms with Crippen molar-refractivity contribution in [1.29, 1.82) is 5.26 Å². The number of aliphatic hydroxyl groups is 1. The molecule has 0 aromatic carbocycles. The molecule has 0 spiro atoms. The summed E-state index contributed by atoms with van der Waals surface area (Å²) in [6.07, 6.45) is 9.43. The van der Waals surface area contributed by atoms with Gasteiger partial charge in [0.2, 0.25) is 0 Å². The highest BCUT2D eigenvalue weighted by atomic mass is 16.5. The maximum Gasteiger partial charge on any atom is 0.302 e. The van der Waals surface area contributed by atoms with Gasteiger partial charge in [0, 0.05) is 19.8 Å². The molecule has 4 saturated carbocycles. The molecule has 0 heterocycles. The van der Waals surface area contributed by atoms with Crippen LogP contribution in [0, 0.1) is 51.8 Å². The van der Waals surface area contributed by atoms with Gasteiger partial charge in [0.05, 0.1) is 0 Å². The van der Waals surface area contributed by atoms with Gasteiger partial charge in [0.1, 0.15) is 18.8 Å². The molecule has 0 amide bonds. The fraction of sp³-hybridized carbons (Fsp3) is 0.885. The van der Waals surface area contributed by atoms with Gasteiger partial charge < -0.3 is 14.6 Å². The Morgan fingerprint density at radius 1 is 1.00 bits per heavy atom. The topological polar surface area (TPSA) is 96.6 Å². The van der Waals surface area contributed by atoms with Crippen molar-refractivity contribution in [3.8, 4) is 6.07 Å². The number of nitrogens with zero attached hydrogens (tertiary/aromatic N) is 1. The Labute approximate surface area is 192 Å². The average Bonchev–Trinajstić information content (AvgIpc) is 3.10. The highest BCUT2D eigenvalue weighted by Gasteiger charge is 2.63. The van der Waals surface area contributed by atoms with E-state index in [-0.39, 0.29) is 35.4 Å². The summed E-state index contributed by atoms with van der Waals surface area (Å²) in [6, 6.07) is 2.12. The van der Waals surface area contributed by atoms with E-state index in [1.54, 1.807) is 0 Å². The van der Waals surface area contributed by atoms with Crippen LogP contribution in [-0.4, -0.2) is 35.4 Å². The number of carbonyl (C=O) groups excluding carboxylic acids is 2. The predicted molar refractivity (Wildman–Crippen MR) is 118 cm³/mol. The maximum absolute atomic E-state index is 11.5. The number of nitriles is 1. The maximum atomic E-state index is 11.5. The van der Waals surface area contributed by atoms with E-state index >= 15 is 0 Å².